The number of nitro benzene ring substituents is 1. The van der Waals surface area contributed by atoms with E-state index in [1.54, 1.807) is 30.3 Å². The number of nitro groups is 1. The number of rotatable bonds is 4. The lowest BCUT2D eigenvalue weighted by Gasteiger charge is -2.23. The zero-order valence-corrected chi connectivity index (χ0v) is 16.3. The molecule has 0 aliphatic carbocycles. The monoisotopic (exact) mass is 416 g/mol. The molecule has 0 unspecified atom stereocenters. The van der Waals surface area contributed by atoms with Crippen molar-refractivity contribution in [1.29, 1.82) is 0 Å². The molecule has 0 bridgehead atoms. The number of nitrogens with zero attached hydrogens (tertiary/aromatic N) is 4. The number of hydrogen-bond donors (Lipinski definition) is 1. The highest BCUT2D eigenvalue weighted by Crippen LogP contribution is 2.41. The molecule has 1 fully saturated rings. The van der Waals surface area contributed by atoms with Gasteiger partial charge in [0, 0.05) is 30.1 Å². The predicted molar refractivity (Wildman–Crippen MR) is 111 cm³/mol. The van der Waals surface area contributed by atoms with E-state index in [-0.39, 0.29) is 23.0 Å². The standard InChI is InChI=1S/C22H16N4O5/c1-13-3-5-15(6-4-13)19(27)17-18(14-7-9-16(10-8-14)26(30)31)25(21(29)20(17)28)22-23-11-2-12-24-22/h2-12,18,27H,1H3/b19-17+/t18-/m1/s1. The van der Waals surface area contributed by atoms with E-state index in [1.807, 2.05) is 6.92 Å². The number of aliphatic hydroxyl groups excluding tert-OH is 1. The molecular formula is C22H16N4O5. The summed E-state index contributed by atoms with van der Waals surface area (Å²) < 4.78 is 0. The molecule has 0 spiro atoms. The summed E-state index contributed by atoms with van der Waals surface area (Å²) in [5.74, 6) is -2.16. The third kappa shape index (κ3) is 3.52. The molecular weight excluding hydrogens is 400 g/mol. The number of amides is 1. The zero-order valence-electron chi connectivity index (χ0n) is 16.3. The Morgan fingerprint density at radius 3 is 2.23 bits per heavy atom. The van der Waals surface area contributed by atoms with Gasteiger partial charge < -0.3 is 5.11 Å². The van der Waals surface area contributed by atoms with Gasteiger partial charge >= 0.3 is 5.91 Å². The van der Waals surface area contributed by atoms with Crippen molar-refractivity contribution < 1.29 is 19.6 Å². The average molecular weight is 416 g/mol. The molecule has 1 atom stereocenters. The molecule has 31 heavy (non-hydrogen) atoms. The highest BCUT2D eigenvalue weighted by molar-refractivity contribution is 6.51. The highest BCUT2D eigenvalue weighted by Gasteiger charge is 2.48. The van der Waals surface area contributed by atoms with E-state index in [9.17, 15) is 24.8 Å². The number of aryl methyl sites for hydroxylation is 1. The van der Waals surface area contributed by atoms with Gasteiger partial charge in [-0.2, -0.15) is 0 Å². The van der Waals surface area contributed by atoms with Gasteiger partial charge in [0.1, 0.15) is 5.76 Å². The maximum Gasteiger partial charge on any atom is 0.302 e. The lowest BCUT2D eigenvalue weighted by Crippen LogP contribution is -2.31. The summed E-state index contributed by atoms with van der Waals surface area (Å²) in [5.41, 5.74) is 1.43. The van der Waals surface area contributed by atoms with Gasteiger partial charge in [0.25, 0.3) is 11.5 Å². The number of Topliss-reactive ketones (excluding diaryl/α,β-unsaturated/α-hetero) is 1. The summed E-state index contributed by atoms with van der Waals surface area (Å²) in [7, 11) is 0. The van der Waals surface area contributed by atoms with Crippen molar-refractivity contribution in [1.82, 2.24) is 9.97 Å². The van der Waals surface area contributed by atoms with Crippen LogP contribution in [0, 0.1) is 17.0 Å². The Balaban J connectivity index is 1.92. The lowest BCUT2D eigenvalue weighted by molar-refractivity contribution is -0.384. The van der Waals surface area contributed by atoms with Crippen LogP contribution in [-0.4, -0.2) is 31.7 Å². The third-order valence-corrected chi connectivity index (χ3v) is 4.96. The van der Waals surface area contributed by atoms with Crippen LogP contribution in [0.3, 0.4) is 0 Å². The Hall–Kier alpha value is -4.40. The van der Waals surface area contributed by atoms with Crippen LogP contribution >= 0.6 is 0 Å². The smallest absolute Gasteiger partial charge is 0.302 e. The van der Waals surface area contributed by atoms with Gasteiger partial charge in [0.05, 0.1) is 16.5 Å². The van der Waals surface area contributed by atoms with Gasteiger partial charge in [-0.1, -0.05) is 29.8 Å². The lowest BCUT2D eigenvalue weighted by atomic mass is 9.95. The zero-order chi connectivity index (χ0) is 22.1. The summed E-state index contributed by atoms with van der Waals surface area (Å²) in [6.07, 6.45) is 2.85. The number of hydrogen-bond acceptors (Lipinski definition) is 7. The van der Waals surface area contributed by atoms with Crippen molar-refractivity contribution in [3.63, 3.8) is 0 Å². The largest absolute Gasteiger partial charge is 0.507 e. The minimum atomic E-state index is -1.05. The van der Waals surface area contributed by atoms with E-state index in [1.165, 1.54) is 36.7 Å². The van der Waals surface area contributed by atoms with Crippen molar-refractivity contribution in [3.05, 3.63) is 99.4 Å². The second kappa shape index (κ2) is 7.79. The van der Waals surface area contributed by atoms with Crippen LogP contribution in [0.5, 0.6) is 0 Å². The van der Waals surface area contributed by atoms with Gasteiger partial charge in [-0.15, -0.1) is 0 Å². The van der Waals surface area contributed by atoms with Crippen molar-refractivity contribution in [2.24, 2.45) is 0 Å². The summed E-state index contributed by atoms with van der Waals surface area (Å²) in [6, 6.07) is 12.8. The highest BCUT2D eigenvalue weighted by atomic mass is 16.6. The van der Waals surface area contributed by atoms with Crippen LogP contribution in [0.1, 0.15) is 22.7 Å². The molecule has 1 aromatic heterocycles. The molecule has 0 saturated carbocycles. The van der Waals surface area contributed by atoms with Crippen LogP contribution in [0.4, 0.5) is 11.6 Å². The number of non-ortho nitro benzene ring substituents is 1. The van der Waals surface area contributed by atoms with Crippen LogP contribution < -0.4 is 4.90 Å². The van der Waals surface area contributed by atoms with E-state index in [2.05, 4.69) is 9.97 Å². The first-order valence-corrected chi connectivity index (χ1v) is 9.28. The predicted octanol–water partition coefficient (Wildman–Crippen LogP) is 3.32. The van der Waals surface area contributed by atoms with Crippen LogP contribution in [0.15, 0.2) is 72.6 Å². The van der Waals surface area contributed by atoms with Gasteiger partial charge in [-0.05, 0) is 30.7 Å². The van der Waals surface area contributed by atoms with Gasteiger partial charge in [0.15, 0.2) is 0 Å². The molecule has 1 saturated heterocycles. The number of carbonyl (C=O) groups is 2. The van der Waals surface area contributed by atoms with Crippen molar-refractivity contribution in [3.8, 4) is 0 Å². The second-order valence-electron chi connectivity index (χ2n) is 6.93. The SMILES string of the molecule is Cc1ccc(/C(O)=C2\C(=O)C(=O)N(c3ncccn3)[C@@H]2c2ccc([N+](=O)[O-])cc2)cc1. The Bertz CT molecular complexity index is 1200. The average Bonchev–Trinajstić information content (AvgIpc) is 3.05. The Labute approximate surface area is 176 Å². The quantitative estimate of drug-likeness (QED) is 0.227. The van der Waals surface area contributed by atoms with Crippen molar-refractivity contribution >= 4 is 29.1 Å². The van der Waals surface area contributed by atoms with Crippen LogP contribution in [0.25, 0.3) is 5.76 Å². The Morgan fingerprint density at radius 2 is 1.65 bits per heavy atom. The summed E-state index contributed by atoms with van der Waals surface area (Å²) >= 11 is 0. The minimum Gasteiger partial charge on any atom is -0.507 e. The van der Waals surface area contributed by atoms with E-state index in [4.69, 9.17) is 0 Å². The fourth-order valence-corrected chi connectivity index (χ4v) is 3.42. The van der Waals surface area contributed by atoms with Crippen LogP contribution in [0.2, 0.25) is 0 Å². The maximum atomic E-state index is 13.0. The minimum absolute atomic E-state index is 0.0177. The number of anilines is 1. The fraction of sp³-hybridized carbons (Fsp3) is 0.0909. The van der Waals surface area contributed by atoms with Crippen molar-refractivity contribution in [2.45, 2.75) is 13.0 Å². The first kappa shape index (κ1) is 19.9. The molecule has 2 heterocycles. The first-order valence-electron chi connectivity index (χ1n) is 9.28. The summed E-state index contributed by atoms with van der Waals surface area (Å²) in [6.45, 7) is 1.88. The second-order valence-corrected chi connectivity index (χ2v) is 6.93. The van der Waals surface area contributed by atoms with Crippen LogP contribution in [-0.2, 0) is 9.59 Å². The van der Waals surface area contributed by atoms with E-state index in [0.717, 1.165) is 10.5 Å². The molecule has 4 rings (SSSR count). The molecule has 3 aromatic rings. The third-order valence-electron chi connectivity index (χ3n) is 4.96. The van der Waals surface area contributed by atoms with E-state index >= 15 is 0 Å². The van der Waals surface area contributed by atoms with Gasteiger partial charge in [0.2, 0.25) is 5.95 Å². The molecule has 1 aliphatic heterocycles. The van der Waals surface area contributed by atoms with Gasteiger partial charge in [-0.3, -0.25) is 24.6 Å². The number of aromatic nitrogens is 2. The topological polar surface area (TPSA) is 127 Å². The summed E-state index contributed by atoms with van der Waals surface area (Å²) in [4.78, 5) is 45.6. The molecule has 1 aliphatic rings. The summed E-state index contributed by atoms with van der Waals surface area (Å²) in [5, 5.41) is 22.0. The van der Waals surface area contributed by atoms with E-state index in [0.29, 0.717) is 11.1 Å². The molecule has 0 radical (unpaired) electrons. The molecule has 1 N–H and O–H groups in total. The Morgan fingerprint density at radius 1 is 1.03 bits per heavy atom. The molecule has 154 valence electrons. The molecule has 9 heteroatoms. The normalized spacial score (nSPS) is 17.7. The number of carbonyl (C=O) groups excluding carboxylic acids is 2. The van der Waals surface area contributed by atoms with Gasteiger partial charge in [-0.25, -0.2) is 9.97 Å². The maximum absolute atomic E-state index is 13.0. The number of benzene rings is 2. The number of ketones is 1. The molecule has 1 amide bonds. The molecule has 2 aromatic carbocycles. The molecule has 9 nitrogen and oxygen atoms in total. The number of aliphatic hydroxyl groups is 1. The van der Waals surface area contributed by atoms with E-state index < -0.39 is 22.7 Å². The van der Waals surface area contributed by atoms with Crippen molar-refractivity contribution in [2.75, 3.05) is 4.90 Å². The Kier molecular flexibility index (Phi) is 5.00. The first-order chi connectivity index (χ1) is 14.9. The fourth-order valence-electron chi connectivity index (χ4n) is 3.42.